The number of nitrogens with zero attached hydrogens (tertiary/aromatic N) is 2. The Morgan fingerprint density at radius 2 is 2.17 bits per heavy atom. The highest BCUT2D eigenvalue weighted by atomic mass is 16.5. The molecule has 0 aliphatic heterocycles. The molecule has 1 heterocycles. The Hall–Kier alpha value is -1.33. The standard InChI is InChI=1S/C13H23N3O2/c1-10(9-14-6-7-17-4)8-12-11(2)15-16(3)13(12)18-5/h8,14H,6-7,9H2,1-5H3. The maximum absolute atomic E-state index is 5.36. The second kappa shape index (κ2) is 7.18. The molecule has 1 aromatic rings. The third-order valence-corrected chi connectivity index (χ3v) is 2.69. The van der Waals surface area contributed by atoms with E-state index in [-0.39, 0.29) is 0 Å². The second-order valence-electron chi connectivity index (χ2n) is 4.29. The topological polar surface area (TPSA) is 48.3 Å². The first kappa shape index (κ1) is 14.7. The number of hydrogen-bond acceptors (Lipinski definition) is 4. The third-order valence-electron chi connectivity index (χ3n) is 2.69. The minimum Gasteiger partial charge on any atom is -0.481 e. The van der Waals surface area contributed by atoms with E-state index in [1.54, 1.807) is 18.9 Å². The summed E-state index contributed by atoms with van der Waals surface area (Å²) in [5.41, 5.74) is 3.26. The van der Waals surface area contributed by atoms with E-state index in [1.165, 1.54) is 5.57 Å². The van der Waals surface area contributed by atoms with Crippen LogP contribution in [0.25, 0.3) is 6.08 Å². The van der Waals surface area contributed by atoms with Gasteiger partial charge in [0.1, 0.15) is 0 Å². The Bertz CT molecular complexity index is 411. The molecular weight excluding hydrogens is 230 g/mol. The fourth-order valence-corrected chi connectivity index (χ4v) is 1.82. The first-order chi connectivity index (χ1) is 8.60. The van der Waals surface area contributed by atoms with Crippen LogP contribution in [0.5, 0.6) is 5.88 Å². The van der Waals surface area contributed by atoms with Gasteiger partial charge in [0.15, 0.2) is 0 Å². The van der Waals surface area contributed by atoms with E-state index in [0.29, 0.717) is 0 Å². The van der Waals surface area contributed by atoms with Crippen LogP contribution in [0.4, 0.5) is 0 Å². The van der Waals surface area contributed by atoms with Crippen molar-refractivity contribution in [2.24, 2.45) is 7.05 Å². The molecule has 0 saturated carbocycles. The smallest absolute Gasteiger partial charge is 0.218 e. The zero-order valence-corrected chi connectivity index (χ0v) is 11.9. The molecule has 0 aliphatic carbocycles. The predicted molar refractivity (Wildman–Crippen MR) is 72.9 cm³/mol. The summed E-state index contributed by atoms with van der Waals surface area (Å²) < 4.78 is 12.1. The van der Waals surface area contributed by atoms with Gasteiger partial charge in [-0.2, -0.15) is 5.10 Å². The fraction of sp³-hybridized carbons (Fsp3) is 0.615. The van der Waals surface area contributed by atoms with Crippen LogP contribution >= 0.6 is 0 Å². The lowest BCUT2D eigenvalue weighted by atomic mass is 10.1. The molecule has 1 aromatic heterocycles. The van der Waals surface area contributed by atoms with Crippen molar-refractivity contribution in [1.29, 1.82) is 0 Å². The number of aromatic nitrogens is 2. The van der Waals surface area contributed by atoms with Crippen LogP contribution in [0, 0.1) is 6.92 Å². The first-order valence-electron chi connectivity index (χ1n) is 6.04. The Labute approximate surface area is 109 Å². The molecule has 0 fully saturated rings. The van der Waals surface area contributed by atoms with E-state index in [2.05, 4.69) is 23.4 Å². The van der Waals surface area contributed by atoms with Gasteiger partial charge >= 0.3 is 0 Å². The summed E-state index contributed by atoms with van der Waals surface area (Å²) in [6.07, 6.45) is 2.11. The second-order valence-corrected chi connectivity index (χ2v) is 4.29. The number of aryl methyl sites for hydroxylation is 2. The minimum atomic E-state index is 0.725. The Morgan fingerprint density at radius 1 is 1.44 bits per heavy atom. The van der Waals surface area contributed by atoms with Gasteiger partial charge in [0, 0.05) is 27.2 Å². The molecule has 0 unspecified atom stereocenters. The zero-order valence-electron chi connectivity index (χ0n) is 11.9. The van der Waals surface area contributed by atoms with Gasteiger partial charge in [-0.3, -0.25) is 0 Å². The lowest BCUT2D eigenvalue weighted by Crippen LogP contribution is -2.20. The summed E-state index contributed by atoms with van der Waals surface area (Å²) in [6.45, 7) is 6.49. The Balaban J connectivity index is 2.69. The van der Waals surface area contributed by atoms with Gasteiger partial charge in [-0.05, 0) is 19.9 Å². The lowest BCUT2D eigenvalue weighted by molar-refractivity contribution is 0.200. The van der Waals surface area contributed by atoms with Gasteiger partial charge in [0.05, 0.1) is 25.0 Å². The van der Waals surface area contributed by atoms with Gasteiger partial charge in [-0.1, -0.05) is 5.57 Å². The number of nitrogens with one attached hydrogen (secondary N) is 1. The van der Waals surface area contributed by atoms with E-state index >= 15 is 0 Å². The molecule has 1 rings (SSSR count). The van der Waals surface area contributed by atoms with E-state index in [9.17, 15) is 0 Å². The molecular formula is C13H23N3O2. The molecule has 0 aliphatic rings. The van der Waals surface area contributed by atoms with Crippen molar-refractivity contribution >= 4 is 6.08 Å². The maximum atomic E-state index is 5.36. The van der Waals surface area contributed by atoms with Crippen LogP contribution < -0.4 is 10.1 Å². The van der Waals surface area contributed by atoms with Crippen molar-refractivity contribution in [1.82, 2.24) is 15.1 Å². The molecule has 0 saturated heterocycles. The monoisotopic (exact) mass is 253 g/mol. The van der Waals surface area contributed by atoms with Gasteiger partial charge in [0.2, 0.25) is 5.88 Å². The number of ether oxygens (including phenoxy) is 2. The van der Waals surface area contributed by atoms with Crippen molar-refractivity contribution in [3.8, 4) is 5.88 Å². The molecule has 0 radical (unpaired) electrons. The third kappa shape index (κ3) is 3.85. The molecule has 5 nitrogen and oxygen atoms in total. The molecule has 18 heavy (non-hydrogen) atoms. The molecule has 0 amide bonds. The first-order valence-corrected chi connectivity index (χ1v) is 6.04. The Morgan fingerprint density at radius 3 is 2.78 bits per heavy atom. The van der Waals surface area contributed by atoms with Gasteiger partial charge in [0.25, 0.3) is 0 Å². The minimum absolute atomic E-state index is 0.725. The maximum Gasteiger partial charge on any atom is 0.218 e. The van der Waals surface area contributed by atoms with Crippen LogP contribution in [0.2, 0.25) is 0 Å². The molecule has 1 N–H and O–H groups in total. The van der Waals surface area contributed by atoms with Gasteiger partial charge in [-0.25, -0.2) is 4.68 Å². The average Bonchev–Trinajstić information content (AvgIpc) is 2.59. The van der Waals surface area contributed by atoms with Crippen molar-refractivity contribution in [2.45, 2.75) is 13.8 Å². The van der Waals surface area contributed by atoms with Crippen LogP contribution in [0.15, 0.2) is 5.57 Å². The average molecular weight is 253 g/mol. The SMILES string of the molecule is COCCNCC(C)=Cc1c(C)nn(C)c1OC. The van der Waals surface area contributed by atoms with Crippen LogP contribution in [-0.4, -0.2) is 43.7 Å². The van der Waals surface area contributed by atoms with Crippen molar-refractivity contribution in [3.05, 3.63) is 16.8 Å². The van der Waals surface area contributed by atoms with Crippen molar-refractivity contribution in [3.63, 3.8) is 0 Å². The van der Waals surface area contributed by atoms with Crippen molar-refractivity contribution < 1.29 is 9.47 Å². The summed E-state index contributed by atoms with van der Waals surface area (Å²) >= 11 is 0. The molecule has 0 spiro atoms. The molecule has 0 bridgehead atoms. The number of methoxy groups -OCH3 is 2. The zero-order chi connectivity index (χ0) is 13.5. The molecule has 5 heteroatoms. The normalized spacial score (nSPS) is 11.9. The number of rotatable bonds is 7. The summed E-state index contributed by atoms with van der Waals surface area (Å²) in [7, 11) is 5.25. The van der Waals surface area contributed by atoms with Gasteiger partial charge < -0.3 is 14.8 Å². The highest BCUT2D eigenvalue weighted by molar-refractivity contribution is 5.60. The summed E-state index contributed by atoms with van der Waals surface area (Å²) in [6, 6.07) is 0. The summed E-state index contributed by atoms with van der Waals surface area (Å²) in [4.78, 5) is 0. The van der Waals surface area contributed by atoms with E-state index in [0.717, 1.165) is 36.8 Å². The van der Waals surface area contributed by atoms with Crippen LogP contribution in [-0.2, 0) is 11.8 Å². The van der Waals surface area contributed by atoms with Gasteiger partial charge in [-0.15, -0.1) is 0 Å². The highest BCUT2D eigenvalue weighted by Crippen LogP contribution is 2.23. The summed E-state index contributed by atoms with van der Waals surface area (Å²) in [5.74, 6) is 0.795. The molecule has 102 valence electrons. The summed E-state index contributed by atoms with van der Waals surface area (Å²) in [5, 5.41) is 7.66. The molecule has 0 atom stereocenters. The van der Waals surface area contributed by atoms with Crippen LogP contribution in [0.1, 0.15) is 18.2 Å². The largest absolute Gasteiger partial charge is 0.481 e. The lowest BCUT2D eigenvalue weighted by Gasteiger charge is -2.05. The Kier molecular flexibility index (Phi) is 5.88. The van der Waals surface area contributed by atoms with Crippen LogP contribution in [0.3, 0.4) is 0 Å². The molecule has 0 aromatic carbocycles. The predicted octanol–water partition coefficient (Wildman–Crippen LogP) is 1.38. The highest BCUT2D eigenvalue weighted by Gasteiger charge is 2.11. The van der Waals surface area contributed by atoms with E-state index in [1.807, 2.05) is 14.0 Å². The quantitative estimate of drug-likeness (QED) is 0.746. The van der Waals surface area contributed by atoms with E-state index in [4.69, 9.17) is 9.47 Å². The fourth-order valence-electron chi connectivity index (χ4n) is 1.82. The van der Waals surface area contributed by atoms with E-state index < -0.39 is 0 Å². The van der Waals surface area contributed by atoms with Crippen molar-refractivity contribution in [2.75, 3.05) is 33.9 Å². The number of hydrogen-bond donors (Lipinski definition) is 1.